The van der Waals surface area contributed by atoms with Crippen LogP contribution >= 0.6 is 23.2 Å². The number of nitro groups is 1. The average Bonchev–Trinajstić information content (AvgIpc) is 2.83. The number of nitriles is 1. The van der Waals surface area contributed by atoms with Gasteiger partial charge in [0.05, 0.1) is 27.8 Å². The van der Waals surface area contributed by atoms with E-state index >= 15 is 0 Å². The van der Waals surface area contributed by atoms with E-state index in [1.54, 1.807) is 6.07 Å². The Morgan fingerprint density at radius 3 is 2.46 bits per heavy atom. The van der Waals surface area contributed by atoms with Crippen LogP contribution in [-0.4, -0.2) is 17.9 Å². The van der Waals surface area contributed by atoms with Crippen molar-refractivity contribution in [3.05, 3.63) is 97.0 Å². The smallest absolute Gasteiger partial charge is 0.271 e. The van der Waals surface area contributed by atoms with Gasteiger partial charge in [0.1, 0.15) is 18.2 Å². The summed E-state index contributed by atoms with van der Waals surface area (Å²) in [6.45, 7) is 2.26. The van der Waals surface area contributed by atoms with E-state index in [1.807, 2.05) is 37.3 Å². The third-order valence-electron chi connectivity index (χ3n) is 4.84. The lowest BCUT2D eigenvalue weighted by Crippen LogP contribution is -2.13. The molecule has 1 amide bonds. The van der Waals surface area contributed by atoms with Crippen LogP contribution in [0.15, 0.2) is 60.2 Å². The Labute approximate surface area is 211 Å². The number of carbonyl (C=O) groups is 1. The minimum Gasteiger partial charge on any atom is -0.493 e. The molecular formula is C25H19Cl2N3O5. The zero-order valence-electron chi connectivity index (χ0n) is 18.7. The molecule has 1 N–H and O–H groups in total. The largest absolute Gasteiger partial charge is 0.493 e. The summed E-state index contributed by atoms with van der Waals surface area (Å²) in [6, 6.07) is 16.4. The number of aryl methyl sites for hydroxylation is 1. The van der Waals surface area contributed by atoms with Crippen molar-refractivity contribution >= 4 is 46.6 Å². The van der Waals surface area contributed by atoms with Gasteiger partial charge in [-0.3, -0.25) is 14.9 Å². The lowest BCUT2D eigenvalue weighted by atomic mass is 10.1. The van der Waals surface area contributed by atoms with Crippen molar-refractivity contribution in [1.29, 1.82) is 5.26 Å². The van der Waals surface area contributed by atoms with Crippen LogP contribution in [0.1, 0.15) is 16.7 Å². The number of amides is 1. The van der Waals surface area contributed by atoms with Gasteiger partial charge in [0, 0.05) is 12.1 Å². The molecule has 35 heavy (non-hydrogen) atoms. The SMILES string of the molecule is COc1cc(C=C(C#N)C(=O)Nc2ccc([N+](=O)[O-])cc2Cl)cc(Cl)c1OCc1ccc(C)cc1. The Morgan fingerprint density at radius 2 is 1.86 bits per heavy atom. The van der Waals surface area contributed by atoms with Gasteiger partial charge in [-0.2, -0.15) is 5.26 Å². The molecule has 0 saturated heterocycles. The number of nitrogens with one attached hydrogen (secondary N) is 1. The van der Waals surface area contributed by atoms with E-state index < -0.39 is 10.8 Å². The van der Waals surface area contributed by atoms with Crippen LogP contribution in [0.25, 0.3) is 6.08 Å². The highest BCUT2D eigenvalue weighted by molar-refractivity contribution is 6.34. The van der Waals surface area contributed by atoms with Crippen molar-refractivity contribution in [3.63, 3.8) is 0 Å². The van der Waals surface area contributed by atoms with Gasteiger partial charge in [0.2, 0.25) is 0 Å². The Bertz CT molecular complexity index is 1350. The molecule has 0 aromatic heterocycles. The molecule has 0 saturated carbocycles. The molecule has 0 radical (unpaired) electrons. The number of nitrogens with zero attached hydrogens (tertiary/aromatic N) is 2. The molecule has 8 nitrogen and oxygen atoms in total. The number of rotatable bonds is 8. The quantitative estimate of drug-likeness (QED) is 0.163. The molecule has 3 aromatic carbocycles. The molecule has 0 bridgehead atoms. The standard InChI is InChI=1S/C25H19Cl2N3O5/c1-15-3-5-16(6-4-15)14-35-24-21(27)10-17(11-23(24)34-2)9-18(13-28)25(31)29-22-8-7-19(30(32)33)12-20(22)26/h3-12H,14H2,1-2H3,(H,29,31). The highest BCUT2D eigenvalue weighted by Gasteiger charge is 2.16. The first-order valence-electron chi connectivity index (χ1n) is 10.1. The predicted molar refractivity (Wildman–Crippen MR) is 134 cm³/mol. The lowest BCUT2D eigenvalue weighted by Gasteiger charge is -2.14. The maximum absolute atomic E-state index is 12.6. The zero-order valence-corrected chi connectivity index (χ0v) is 20.2. The fourth-order valence-electron chi connectivity index (χ4n) is 3.03. The number of non-ortho nitro benzene ring substituents is 1. The summed E-state index contributed by atoms with van der Waals surface area (Å²) >= 11 is 12.4. The molecule has 0 fully saturated rings. The average molecular weight is 512 g/mol. The van der Waals surface area contributed by atoms with Crippen molar-refractivity contribution in [3.8, 4) is 17.6 Å². The van der Waals surface area contributed by atoms with E-state index in [9.17, 15) is 20.2 Å². The molecule has 0 aliphatic carbocycles. The molecule has 0 heterocycles. The number of anilines is 1. The van der Waals surface area contributed by atoms with E-state index in [4.69, 9.17) is 32.7 Å². The zero-order chi connectivity index (χ0) is 25.5. The third-order valence-corrected chi connectivity index (χ3v) is 5.44. The molecule has 0 spiro atoms. The van der Waals surface area contributed by atoms with E-state index in [1.165, 1.54) is 31.4 Å². The number of benzene rings is 3. The van der Waals surface area contributed by atoms with Crippen molar-refractivity contribution in [1.82, 2.24) is 0 Å². The van der Waals surface area contributed by atoms with Gasteiger partial charge >= 0.3 is 0 Å². The van der Waals surface area contributed by atoms with Crippen LogP contribution in [0.5, 0.6) is 11.5 Å². The fraction of sp³-hybridized carbons (Fsp3) is 0.120. The normalized spacial score (nSPS) is 10.9. The first kappa shape index (κ1) is 25.6. The second-order valence-electron chi connectivity index (χ2n) is 7.35. The van der Waals surface area contributed by atoms with Gasteiger partial charge < -0.3 is 14.8 Å². The van der Waals surface area contributed by atoms with Crippen LogP contribution in [0.2, 0.25) is 10.0 Å². The number of hydrogen-bond acceptors (Lipinski definition) is 6. The summed E-state index contributed by atoms with van der Waals surface area (Å²) in [6.07, 6.45) is 1.33. The van der Waals surface area contributed by atoms with E-state index in [2.05, 4.69) is 5.32 Å². The Balaban J connectivity index is 1.81. The Kier molecular flexibility index (Phi) is 8.31. The predicted octanol–water partition coefficient (Wildman–Crippen LogP) is 6.34. The molecular weight excluding hydrogens is 493 g/mol. The number of ether oxygens (including phenoxy) is 2. The molecule has 0 atom stereocenters. The van der Waals surface area contributed by atoms with Crippen molar-refractivity contribution in [2.45, 2.75) is 13.5 Å². The first-order valence-corrected chi connectivity index (χ1v) is 10.9. The van der Waals surface area contributed by atoms with Crippen molar-refractivity contribution in [2.24, 2.45) is 0 Å². The van der Waals surface area contributed by atoms with E-state index in [0.717, 1.165) is 17.2 Å². The lowest BCUT2D eigenvalue weighted by molar-refractivity contribution is -0.384. The summed E-state index contributed by atoms with van der Waals surface area (Å²) in [5, 5.41) is 23.0. The minimum atomic E-state index is -0.752. The van der Waals surface area contributed by atoms with Crippen LogP contribution in [0, 0.1) is 28.4 Å². The number of carbonyl (C=O) groups excluding carboxylic acids is 1. The Hall–Kier alpha value is -4.06. The van der Waals surface area contributed by atoms with Gasteiger partial charge in [0.15, 0.2) is 11.5 Å². The summed E-state index contributed by atoms with van der Waals surface area (Å²) in [4.78, 5) is 22.9. The molecule has 10 heteroatoms. The number of hydrogen-bond donors (Lipinski definition) is 1. The first-order chi connectivity index (χ1) is 16.7. The topological polar surface area (TPSA) is 114 Å². The van der Waals surface area contributed by atoms with Gasteiger partial charge in [0.25, 0.3) is 11.6 Å². The molecule has 3 rings (SSSR count). The van der Waals surface area contributed by atoms with Crippen LogP contribution in [0.3, 0.4) is 0 Å². The molecule has 0 unspecified atom stereocenters. The van der Waals surface area contributed by atoms with Gasteiger partial charge in [-0.1, -0.05) is 53.0 Å². The van der Waals surface area contributed by atoms with E-state index in [0.29, 0.717) is 17.1 Å². The van der Waals surface area contributed by atoms with Crippen LogP contribution in [-0.2, 0) is 11.4 Å². The van der Waals surface area contributed by atoms with Crippen molar-refractivity contribution < 1.29 is 19.2 Å². The molecule has 3 aromatic rings. The highest BCUT2D eigenvalue weighted by atomic mass is 35.5. The second kappa shape index (κ2) is 11.4. The minimum absolute atomic E-state index is 0.0374. The summed E-state index contributed by atoms with van der Waals surface area (Å²) in [7, 11) is 1.45. The maximum Gasteiger partial charge on any atom is 0.271 e. The van der Waals surface area contributed by atoms with Gasteiger partial charge in [-0.05, 0) is 42.3 Å². The monoisotopic (exact) mass is 511 g/mol. The van der Waals surface area contributed by atoms with E-state index in [-0.39, 0.29) is 33.6 Å². The Morgan fingerprint density at radius 1 is 1.14 bits per heavy atom. The summed E-state index contributed by atoms with van der Waals surface area (Å²) < 4.78 is 11.2. The molecule has 178 valence electrons. The number of methoxy groups -OCH3 is 1. The summed E-state index contributed by atoms with van der Waals surface area (Å²) in [5.74, 6) is -0.0995. The van der Waals surface area contributed by atoms with Gasteiger partial charge in [-0.25, -0.2) is 0 Å². The number of halogens is 2. The second-order valence-corrected chi connectivity index (χ2v) is 8.17. The molecule has 0 aliphatic heterocycles. The van der Waals surface area contributed by atoms with Gasteiger partial charge in [-0.15, -0.1) is 0 Å². The third kappa shape index (κ3) is 6.51. The highest BCUT2D eigenvalue weighted by Crippen LogP contribution is 2.37. The maximum atomic E-state index is 12.6. The van der Waals surface area contributed by atoms with Crippen LogP contribution < -0.4 is 14.8 Å². The fourth-order valence-corrected chi connectivity index (χ4v) is 3.52. The number of nitro benzene ring substituents is 1. The van der Waals surface area contributed by atoms with Crippen molar-refractivity contribution in [2.75, 3.05) is 12.4 Å². The molecule has 0 aliphatic rings. The van der Waals surface area contributed by atoms with Crippen LogP contribution in [0.4, 0.5) is 11.4 Å². The summed E-state index contributed by atoms with van der Waals surface area (Å²) in [5.41, 5.74) is 2.16.